The lowest BCUT2D eigenvalue weighted by Crippen LogP contribution is -2.46. The molecule has 0 aliphatic carbocycles. The molecular formula is C14H30N2O. The standard InChI is InChI=1S/C14H30N2O/c1-13(2)5-8-16(4)12-14(11-15-3)6-9-17-10-7-14/h13,15H,5-12H2,1-4H3. The van der Waals surface area contributed by atoms with E-state index < -0.39 is 0 Å². The molecule has 1 fully saturated rings. The van der Waals surface area contributed by atoms with Crippen LogP contribution in [0.1, 0.15) is 33.1 Å². The number of nitrogens with one attached hydrogen (secondary N) is 1. The van der Waals surface area contributed by atoms with Crippen LogP contribution in [0.25, 0.3) is 0 Å². The normalized spacial score (nSPS) is 20.1. The van der Waals surface area contributed by atoms with Crippen molar-refractivity contribution in [2.45, 2.75) is 33.1 Å². The van der Waals surface area contributed by atoms with E-state index in [1.165, 1.54) is 32.4 Å². The highest BCUT2D eigenvalue weighted by Crippen LogP contribution is 2.30. The fraction of sp³-hybridized carbons (Fsp3) is 1.00. The first kappa shape index (κ1) is 14.9. The molecule has 3 heteroatoms. The largest absolute Gasteiger partial charge is 0.381 e. The molecule has 0 aromatic carbocycles. The van der Waals surface area contributed by atoms with E-state index in [1.54, 1.807) is 0 Å². The topological polar surface area (TPSA) is 24.5 Å². The monoisotopic (exact) mass is 242 g/mol. The zero-order valence-corrected chi connectivity index (χ0v) is 12.1. The van der Waals surface area contributed by atoms with Gasteiger partial charge in [-0.25, -0.2) is 0 Å². The molecular weight excluding hydrogens is 212 g/mol. The molecule has 0 atom stereocenters. The molecule has 0 unspecified atom stereocenters. The molecule has 17 heavy (non-hydrogen) atoms. The number of hydrogen-bond donors (Lipinski definition) is 1. The van der Waals surface area contributed by atoms with E-state index in [1.807, 2.05) is 0 Å². The van der Waals surface area contributed by atoms with Gasteiger partial charge in [0.1, 0.15) is 0 Å². The van der Waals surface area contributed by atoms with Crippen LogP contribution < -0.4 is 5.32 Å². The van der Waals surface area contributed by atoms with Gasteiger partial charge in [0.15, 0.2) is 0 Å². The van der Waals surface area contributed by atoms with Crippen LogP contribution in [-0.4, -0.2) is 51.8 Å². The second kappa shape index (κ2) is 7.34. The zero-order chi connectivity index (χ0) is 12.7. The molecule has 0 radical (unpaired) electrons. The maximum atomic E-state index is 5.50. The van der Waals surface area contributed by atoms with E-state index in [9.17, 15) is 0 Å². The zero-order valence-electron chi connectivity index (χ0n) is 12.1. The minimum atomic E-state index is 0.429. The second-order valence-electron chi connectivity index (χ2n) is 6.06. The van der Waals surface area contributed by atoms with Crippen molar-refractivity contribution in [3.8, 4) is 0 Å². The molecule has 0 bridgehead atoms. The third kappa shape index (κ3) is 5.36. The van der Waals surface area contributed by atoms with Crippen molar-refractivity contribution in [1.82, 2.24) is 10.2 Å². The van der Waals surface area contributed by atoms with Crippen molar-refractivity contribution < 1.29 is 4.74 Å². The van der Waals surface area contributed by atoms with Crippen molar-refractivity contribution in [1.29, 1.82) is 0 Å². The van der Waals surface area contributed by atoms with E-state index in [4.69, 9.17) is 4.74 Å². The smallest absolute Gasteiger partial charge is 0.0472 e. The first-order valence-electron chi connectivity index (χ1n) is 6.99. The Hall–Kier alpha value is -0.120. The number of rotatable bonds is 7. The Morgan fingerprint density at radius 3 is 2.47 bits per heavy atom. The van der Waals surface area contributed by atoms with Gasteiger partial charge in [-0.3, -0.25) is 0 Å². The van der Waals surface area contributed by atoms with E-state index >= 15 is 0 Å². The highest BCUT2D eigenvalue weighted by Gasteiger charge is 2.32. The van der Waals surface area contributed by atoms with E-state index in [-0.39, 0.29) is 0 Å². The maximum absolute atomic E-state index is 5.50. The number of hydrogen-bond acceptors (Lipinski definition) is 3. The summed E-state index contributed by atoms with van der Waals surface area (Å²) >= 11 is 0. The van der Waals surface area contributed by atoms with Crippen molar-refractivity contribution in [2.24, 2.45) is 11.3 Å². The molecule has 1 saturated heterocycles. The third-order valence-electron chi connectivity index (χ3n) is 3.80. The average Bonchev–Trinajstić information content (AvgIpc) is 2.28. The lowest BCUT2D eigenvalue weighted by Gasteiger charge is -2.40. The molecule has 0 aromatic heterocycles. The molecule has 1 heterocycles. The number of ether oxygens (including phenoxy) is 1. The summed E-state index contributed by atoms with van der Waals surface area (Å²) in [4.78, 5) is 2.50. The van der Waals surface area contributed by atoms with E-state index in [0.717, 1.165) is 25.7 Å². The van der Waals surface area contributed by atoms with Gasteiger partial charge in [0, 0.05) is 26.3 Å². The minimum absolute atomic E-state index is 0.429. The van der Waals surface area contributed by atoms with Crippen LogP contribution in [0.15, 0.2) is 0 Å². The molecule has 0 saturated carbocycles. The number of nitrogens with zero attached hydrogens (tertiary/aromatic N) is 1. The lowest BCUT2D eigenvalue weighted by atomic mass is 9.79. The molecule has 1 aliphatic rings. The molecule has 0 amide bonds. The molecule has 1 aliphatic heterocycles. The first-order chi connectivity index (χ1) is 8.08. The van der Waals surface area contributed by atoms with Gasteiger partial charge in [0.2, 0.25) is 0 Å². The van der Waals surface area contributed by atoms with Crippen LogP contribution in [0.2, 0.25) is 0 Å². The van der Waals surface area contributed by atoms with Gasteiger partial charge in [-0.15, -0.1) is 0 Å². The molecule has 1 N–H and O–H groups in total. The fourth-order valence-corrected chi connectivity index (χ4v) is 2.70. The summed E-state index contributed by atoms with van der Waals surface area (Å²) in [5.41, 5.74) is 0.429. The van der Waals surface area contributed by atoms with Gasteiger partial charge in [0.25, 0.3) is 0 Å². The summed E-state index contributed by atoms with van der Waals surface area (Å²) in [6, 6.07) is 0. The van der Waals surface area contributed by atoms with Crippen LogP contribution in [0.4, 0.5) is 0 Å². The predicted molar refractivity (Wildman–Crippen MR) is 73.4 cm³/mol. The Labute approximate surface area is 107 Å². The van der Waals surface area contributed by atoms with Crippen LogP contribution in [-0.2, 0) is 4.74 Å². The Kier molecular flexibility index (Phi) is 6.45. The van der Waals surface area contributed by atoms with Gasteiger partial charge in [0.05, 0.1) is 0 Å². The van der Waals surface area contributed by atoms with Crippen molar-refractivity contribution in [2.75, 3.05) is 46.9 Å². The quantitative estimate of drug-likeness (QED) is 0.739. The Bertz CT molecular complexity index is 195. The van der Waals surface area contributed by atoms with Gasteiger partial charge >= 0.3 is 0 Å². The summed E-state index contributed by atoms with van der Waals surface area (Å²) in [7, 11) is 4.32. The van der Waals surface area contributed by atoms with Crippen LogP contribution >= 0.6 is 0 Å². The second-order valence-corrected chi connectivity index (χ2v) is 6.06. The van der Waals surface area contributed by atoms with Gasteiger partial charge in [-0.2, -0.15) is 0 Å². The van der Waals surface area contributed by atoms with Gasteiger partial charge in [-0.1, -0.05) is 13.8 Å². The summed E-state index contributed by atoms with van der Waals surface area (Å²) in [5.74, 6) is 0.799. The van der Waals surface area contributed by atoms with Crippen LogP contribution in [0.5, 0.6) is 0 Å². The van der Waals surface area contributed by atoms with Crippen molar-refractivity contribution >= 4 is 0 Å². The van der Waals surface area contributed by atoms with E-state index in [2.05, 4.69) is 38.2 Å². The van der Waals surface area contributed by atoms with Crippen molar-refractivity contribution in [3.05, 3.63) is 0 Å². The predicted octanol–water partition coefficient (Wildman–Crippen LogP) is 1.98. The highest BCUT2D eigenvalue weighted by molar-refractivity contribution is 4.86. The van der Waals surface area contributed by atoms with E-state index in [0.29, 0.717) is 5.41 Å². The van der Waals surface area contributed by atoms with Gasteiger partial charge < -0.3 is 15.0 Å². The molecule has 102 valence electrons. The summed E-state index contributed by atoms with van der Waals surface area (Å²) in [6.45, 7) is 9.98. The van der Waals surface area contributed by atoms with Crippen molar-refractivity contribution in [3.63, 3.8) is 0 Å². The SMILES string of the molecule is CNCC1(CN(C)CCC(C)C)CCOCC1. The third-order valence-corrected chi connectivity index (χ3v) is 3.80. The summed E-state index contributed by atoms with van der Waals surface area (Å²) < 4.78 is 5.50. The highest BCUT2D eigenvalue weighted by atomic mass is 16.5. The Morgan fingerprint density at radius 2 is 1.94 bits per heavy atom. The first-order valence-corrected chi connectivity index (χ1v) is 6.99. The van der Waals surface area contributed by atoms with Crippen LogP contribution in [0.3, 0.4) is 0 Å². The lowest BCUT2D eigenvalue weighted by molar-refractivity contribution is -0.000143. The molecule has 1 rings (SSSR count). The molecule has 0 aromatic rings. The summed E-state index contributed by atoms with van der Waals surface area (Å²) in [5, 5.41) is 3.37. The summed E-state index contributed by atoms with van der Waals surface area (Å²) in [6.07, 6.45) is 3.68. The fourth-order valence-electron chi connectivity index (χ4n) is 2.70. The van der Waals surface area contributed by atoms with Gasteiger partial charge in [-0.05, 0) is 51.2 Å². The Balaban J connectivity index is 2.42. The Morgan fingerprint density at radius 1 is 1.29 bits per heavy atom. The minimum Gasteiger partial charge on any atom is -0.381 e. The maximum Gasteiger partial charge on any atom is 0.0472 e. The molecule has 3 nitrogen and oxygen atoms in total. The molecule has 0 spiro atoms. The average molecular weight is 242 g/mol. The van der Waals surface area contributed by atoms with Crippen LogP contribution in [0, 0.1) is 11.3 Å².